The summed E-state index contributed by atoms with van der Waals surface area (Å²) in [6.07, 6.45) is 2.52. The zero-order valence-electron chi connectivity index (χ0n) is 13.7. The van der Waals surface area contributed by atoms with Gasteiger partial charge in [0.2, 0.25) is 5.91 Å². The second kappa shape index (κ2) is 5.70. The maximum atomic E-state index is 12.1. The highest BCUT2D eigenvalue weighted by Crippen LogP contribution is 2.35. The molecule has 7 nitrogen and oxygen atoms in total. The molecule has 2 aliphatic heterocycles. The predicted molar refractivity (Wildman–Crippen MR) is 81.5 cm³/mol. The van der Waals surface area contributed by atoms with Crippen LogP contribution in [0.25, 0.3) is 0 Å². The van der Waals surface area contributed by atoms with Crippen LogP contribution in [0, 0.1) is 5.92 Å². The second-order valence-electron chi connectivity index (χ2n) is 7.03. The van der Waals surface area contributed by atoms with Gasteiger partial charge in [-0.25, -0.2) is 4.79 Å². The highest BCUT2D eigenvalue weighted by molar-refractivity contribution is 5.81. The summed E-state index contributed by atoms with van der Waals surface area (Å²) in [6.45, 7) is 3.34. The van der Waals surface area contributed by atoms with Crippen molar-refractivity contribution >= 4 is 11.9 Å². The van der Waals surface area contributed by atoms with E-state index in [1.54, 1.807) is 30.9 Å². The van der Waals surface area contributed by atoms with Gasteiger partial charge in [0.05, 0.1) is 19.7 Å². The van der Waals surface area contributed by atoms with Gasteiger partial charge in [0, 0.05) is 34.2 Å². The Labute approximate surface area is 131 Å². The first-order valence-corrected chi connectivity index (χ1v) is 8.00. The molecule has 0 aromatic carbocycles. The van der Waals surface area contributed by atoms with Crippen LogP contribution in [-0.2, 0) is 9.53 Å². The minimum atomic E-state index is -0.287. The van der Waals surface area contributed by atoms with Crippen LogP contribution >= 0.6 is 0 Å². The van der Waals surface area contributed by atoms with Crippen molar-refractivity contribution in [2.45, 2.75) is 24.5 Å². The van der Waals surface area contributed by atoms with Crippen LogP contribution in [0.3, 0.4) is 0 Å². The molecule has 3 aliphatic rings. The van der Waals surface area contributed by atoms with Crippen LogP contribution in [0.1, 0.15) is 12.8 Å². The van der Waals surface area contributed by atoms with E-state index in [4.69, 9.17) is 4.74 Å². The molecule has 1 aliphatic carbocycles. The Bertz CT molecular complexity index is 458. The van der Waals surface area contributed by atoms with E-state index in [1.165, 1.54) is 12.8 Å². The maximum absolute atomic E-state index is 12.1. The molecule has 0 aromatic rings. The molecule has 22 heavy (non-hydrogen) atoms. The second-order valence-corrected chi connectivity index (χ2v) is 7.03. The van der Waals surface area contributed by atoms with Crippen LogP contribution in [-0.4, -0.2) is 92.2 Å². The highest BCUT2D eigenvalue weighted by Gasteiger charge is 2.52. The SMILES string of the molecule is CNC(=O)C1COC2(CN(C(=O)N(C)C)C2)CN1CC1CC1. The van der Waals surface area contributed by atoms with Gasteiger partial charge in [0.25, 0.3) is 0 Å². The highest BCUT2D eigenvalue weighted by atomic mass is 16.5. The topological polar surface area (TPSA) is 65.1 Å². The molecule has 0 bridgehead atoms. The van der Waals surface area contributed by atoms with Crippen molar-refractivity contribution in [1.82, 2.24) is 20.0 Å². The molecule has 2 saturated heterocycles. The van der Waals surface area contributed by atoms with Crippen molar-refractivity contribution in [2.24, 2.45) is 5.92 Å². The van der Waals surface area contributed by atoms with Crippen molar-refractivity contribution in [3.8, 4) is 0 Å². The first-order chi connectivity index (χ1) is 10.4. The lowest BCUT2D eigenvalue weighted by Crippen LogP contribution is -2.74. The summed E-state index contributed by atoms with van der Waals surface area (Å²) in [6, 6.07) is -0.175. The fraction of sp³-hybridized carbons (Fsp3) is 0.867. The van der Waals surface area contributed by atoms with Crippen molar-refractivity contribution < 1.29 is 14.3 Å². The molecule has 1 spiro atoms. The Morgan fingerprint density at radius 3 is 2.50 bits per heavy atom. The van der Waals surface area contributed by atoms with E-state index in [0.29, 0.717) is 19.7 Å². The standard InChI is InChI=1S/C15H26N4O3/c1-16-13(20)12-7-22-15(8-18(12)6-11-4-5-11)9-19(10-15)14(21)17(2)3/h11-12H,4-10H2,1-3H3,(H,16,20). The number of carbonyl (C=O) groups is 2. The number of nitrogens with one attached hydrogen (secondary N) is 1. The zero-order chi connectivity index (χ0) is 15.9. The number of rotatable bonds is 3. The third-order valence-electron chi connectivity index (χ3n) is 4.83. The van der Waals surface area contributed by atoms with Crippen molar-refractivity contribution in [1.29, 1.82) is 0 Å². The average Bonchev–Trinajstić information content (AvgIpc) is 3.27. The summed E-state index contributed by atoms with van der Waals surface area (Å²) in [4.78, 5) is 29.7. The van der Waals surface area contributed by atoms with Crippen LogP contribution in [0.5, 0.6) is 0 Å². The van der Waals surface area contributed by atoms with Crippen LogP contribution in [0.2, 0.25) is 0 Å². The quantitative estimate of drug-likeness (QED) is 0.769. The lowest BCUT2D eigenvalue weighted by atomic mass is 9.90. The lowest BCUT2D eigenvalue weighted by Gasteiger charge is -2.55. The van der Waals surface area contributed by atoms with Gasteiger partial charge < -0.3 is 19.9 Å². The molecule has 0 radical (unpaired) electrons. The number of amides is 3. The summed E-state index contributed by atoms with van der Waals surface area (Å²) in [5.41, 5.74) is -0.287. The summed E-state index contributed by atoms with van der Waals surface area (Å²) >= 11 is 0. The van der Waals surface area contributed by atoms with Gasteiger partial charge in [-0.1, -0.05) is 0 Å². The van der Waals surface area contributed by atoms with Gasteiger partial charge in [-0.05, 0) is 18.8 Å². The molecule has 1 atom stereocenters. The van der Waals surface area contributed by atoms with Crippen molar-refractivity contribution in [3.63, 3.8) is 0 Å². The van der Waals surface area contributed by atoms with Gasteiger partial charge in [0.1, 0.15) is 11.6 Å². The molecule has 124 valence electrons. The molecule has 3 fully saturated rings. The Kier molecular flexibility index (Phi) is 4.03. The largest absolute Gasteiger partial charge is 0.368 e. The summed E-state index contributed by atoms with van der Waals surface area (Å²) < 4.78 is 6.01. The first kappa shape index (κ1) is 15.6. The molecule has 2 heterocycles. The zero-order valence-corrected chi connectivity index (χ0v) is 13.7. The minimum Gasteiger partial charge on any atom is -0.368 e. The van der Waals surface area contributed by atoms with Gasteiger partial charge in [-0.3, -0.25) is 9.69 Å². The van der Waals surface area contributed by atoms with Crippen molar-refractivity contribution in [3.05, 3.63) is 0 Å². The number of likely N-dealkylation sites (tertiary alicyclic amines) is 1. The summed E-state index contributed by atoms with van der Waals surface area (Å²) in [5, 5.41) is 2.73. The Balaban J connectivity index is 1.62. The number of urea groups is 1. The number of likely N-dealkylation sites (N-methyl/N-ethyl adjacent to an activating group) is 1. The summed E-state index contributed by atoms with van der Waals surface area (Å²) in [7, 11) is 5.19. The minimum absolute atomic E-state index is 0.0241. The van der Waals surface area contributed by atoms with Crippen LogP contribution in [0.15, 0.2) is 0 Å². The van der Waals surface area contributed by atoms with E-state index in [-0.39, 0.29) is 23.6 Å². The molecular weight excluding hydrogens is 284 g/mol. The van der Waals surface area contributed by atoms with Gasteiger partial charge in [0.15, 0.2) is 0 Å². The number of hydrogen-bond acceptors (Lipinski definition) is 4. The third-order valence-corrected chi connectivity index (χ3v) is 4.83. The van der Waals surface area contributed by atoms with E-state index in [1.807, 2.05) is 0 Å². The lowest BCUT2D eigenvalue weighted by molar-refractivity contribution is -0.192. The van der Waals surface area contributed by atoms with E-state index >= 15 is 0 Å². The fourth-order valence-electron chi connectivity index (χ4n) is 3.38. The monoisotopic (exact) mass is 310 g/mol. The number of hydrogen-bond donors (Lipinski definition) is 1. The average molecular weight is 310 g/mol. The molecule has 3 rings (SSSR count). The third kappa shape index (κ3) is 2.92. The Morgan fingerprint density at radius 1 is 1.27 bits per heavy atom. The normalized spacial score (nSPS) is 27.4. The predicted octanol–water partition coefficient (Wildman–Crippen LogP) is -0.421. The molecule has 0 aromatic heterocycles. The van der Waals surface area contributed by atoms with E-state index < -0.39 is 0 Å². The Morgan fingerprint density at radius 2 is 1.95 bits per heavy atom. The van der Waals surface area contributed by atoms with Crippen molar-refractivity contribution in [2.75, 3.05) is 53.9 Å². The maximum Gasteiger partial charge on any atom is 0.319 e. The number of morpholine rings is 1. The number of nitrogens with zero attached hydrogens (tertiary/aromatic N) is 3. The van der Waals surface area contributed by atoms with Crippen LogP contribution < -0.4 is 5.32 Å². The van der Waals surface area contributed by atoms with Gasteiger partial charge in [-0.15, -0.1) is 0 Å². The van der Waals surface area contributed by atoms with E-state index in [0.717, 1.165) is 19.0 Å². The molecule has 3 amide bonds. The summed E-state index contributed by atoms with van der Waals surface area (Å²) in [5.74, 6) is 0.748. The molecular formula is C15H26N4O3. The van der Waals surface area contributed by atoms with E-state index in [2.05, 4.69) is 10.2 Å². The first-order valence-electron chi connectivity index (χ1n) is 8.00. The smallest absolute Gasteiger partial charge is 0.319 e. The Hall–Kier alpha value is -1.34. The molecule has 1 saturated carbocycles. The van der Waals surface area contributed by atoms with Gasteiger partial charge in [-0.2, -0.15) is 0 Å². The number of carbonyl (C=O) groups excluding carboxylic acids is 2. The molecule has 1 unspecified atom stereocenters. The fourth-order valence-corrected chi connectivity index (χ4v) is 3.38. The van der Waals surface area contributed by atoms with E-state index in [9.17, 15) is 9.59 Å². The number of ether oxygens (including phenoxy) is 1. The molecule has 1 N–H and O–H groups in total. The van der Waals surface area contributed by atoms with Gasteiger partial charge >= 0.3 is 6.03 Å². The molecule has 7 heteroatoms. The van der Waals surface area contributed by atoms with Crippen LogP contribution in [0.4, 0.5) is 4.79 Å².